The number of benzene rings is 1. The number of aromatic nitrogens is 1. The van der Waals surface area contributed by atoms with Gasteiger partial charge in [-0.2, -0.15) is 0 Å². The van der Waals surface area contributed by atoms with Gasteiger partial charge in [-0.25, -0.2) is 0 Å². The number of amides is 2. The first-order chi connectivity index (χ1) is 13.0. The maximum atomic E-state index is 12.8. The van der Waals surface area contributed by atoms with E-state index in [0.29, 0.717) is 24.5 Å². The molecule has 0 unspecified atom stereocenters. The third-order valence-corrected chi connectivity index (χ3v) is 6.04. The molecule has 0 radical (unpaired) electrons. The van der Waals surface area contributed by atoms with Crippen molar-refractivity contribution >= 4 is 11.8 Å². The molecule has 0 aliphatic carbocycles. The maximum absolute atomic E-state index is 12.8. The zero-order valence-corrected chi connectivity index (χ0v) is 15.9. The van der Waals surface area contributed by atoms with Crippen molar-refractivity contribution in [2.45, 2.75) is 32.1 Å². The fourth-order valence-corrected chi connectivity index (χ4v) is 4.55. The van der Waals surface area contributed by atoms with Crippen molar-refractivity contribution < 1.29 is 14.1 Å². The van der Waals surface area contributed by atoms with Crippen molar-refractivity contribution in [3.05, 3.63) is 53.4 Å². The van der Waals surface area contributed by atoms with Crippen molar-refractivity contribution in [1.29, 1.82) is 0 Å². The van der Waals surface area contributed by atoms with Crippen molar-refractivity contribution in [2.75, 3.05) is 26.7 Å². The standard InChI is InChI=1S/C21H25N3O3/c1-15-12-18(22-27-15)20(26)24-10-8-21(9-11-24)13-17(19(25)23(2)14-21)16-6-4-3-5-7-16/h3-7,12,17H,8-11,13-14H2,1-2H3/t17-/m1/s1. The Balaban J connectivity index is 1.48. The van der Waals surface area contributed by atoms with E-state index in [1.54, 1.807) is 13.0 Å². The second kappa shape index (κ2) is 6.83. The molecule has 6 heteroatoms. The van der Waals surface area contributed by atoms with Crippen molar-refractivity contribution in [3.8, 4) is 0 Å². The minimum Gasteiger partial charge on any atom is -0.361 e. The molecule has 2 aliphatic rings. The highest BCUT2D eigenvalue weighted by Crippen LogP contribution is 2.45. The molecular formula is C21H25N3O3. The van der Waals surface area contributed by atoms with Gasteiger partial charge in [0.2, 0.25) is 5.91 Å². The molecule has 27 heavy (non-hydrogen) atoms. The largest absolute Gasteiger partial charge is 0.361 e. The van der Waals surface area contributed by atoms with Crippen molar-refractivity contribution in [2.24, 2.45) is 5.41 Å². The van der Waals surface area contributed by atoms with Gasteiger partial charge in [0.1, 0.15) is 5.76 Å². The van der Waals surface area contributed by atoms with Gasteiger partial charge in [0.15, 0.2) is 5.69 Å². The monoisotopic (exact) mass is 367 g/mol. The summed E-state index contributed by atoms with van der Waals surface area (Å²) in [6, 6.07) is 11.7. The molecule has 2 saturated heterocycles. The number of hydrogen-bond acceptors (Lipinski definition) is 4. The summed E-state index contributed by atoms with van der Waals surface area (Å²) < 4.78 is 5.03. The quantitative estimate of drug-likeness (QED) is 0.819. The molecule has 3 heterocycles. The van der Waals surface area contributed by atoms with Gasteiger partial charge in [-0.1, -0.05) is 35.5 Å². The Bertz CT molecular complexity index is 837. The molecule has 2 amide bonds. The lowest BCUT2D eigenvalue weighted by molar-refractivity contribution is -0.139. The fourth-order valence-electron chi connectivity index (χ4n) is 4.55. The minimum absolute atomic E-state index is 0.0680. The van der Waals surface area contributed by atoms with E-state index in [0.717, 1.165) is 31.4 Å². The van der Waals surface area contributed by atoms with Crippen LogP contribution in [0.5, 0.6) is 0 Å². The minimum atomic E-state index is -0.0922. The second-order valence-corrected chi connectivity index (χ2v) is 7.98. The lowest BCUT2D eigenvalue weighted by Gasteiger charge is -2.49. The molecule has 2 aliphatic heterocycles. The predicted molar refractivity (Wildman–Crippen MR) is 100 cm³/mol. The molecule has 4 rings (SSSR count). The topological polar surface area (TPSA) is 66.7 Å². The Morgan fingerprint density at radius 1 is 1.22 bits per heavy atom. The highest BCUT2D eigenvalue weighted by Gasteiger charge is 2.45. The summed E-state index contributed by atoms with van der Waals surface area (Å²) in [6.45, 7) is 3.93. The third kappa shape index (κ3) is 3.36. The number of aryl methyl sites for hydroxylation is 1. The van der Waals surface area contributed by atoms with Gasteiger partial charge in [-0.05, 0) is 37.2 Å². The van der Waals surface area contributed by atoms with Gasteiger partial charge in [-0.15, -0.1) is 0 Å². The van der Waals surface area contributed by atoms with Gasteiger partial charge < -0.3 is 14.3 Å². The Morgan fingerprint density at radius 2 is 1.93 bits per heavy atom. The average Bonchev–Trinajstić information content (AvgIpc) is 3.12. The Kier molecular flexibility index (Phi) is 4.50. The Morgan fingerprint density at radius 3 is 2.56 bits per heavy atom. The first-order valence-electron chi connectivity index (χ1n) is 9.50. The number of carbonyl (C=O) groups is 2. The second-order valence-electron chi connectivity index (χ2n) is 7.98. The average molecular weight is 367 g/mol. The molecule has 1 aromatic carbocycles. The van der Waals surface area contributed by atoms with Gasteiger partial charge >= 0.3 is 0 Å². The molecule has 1 aromatic heterocycles. The van der Waals surface area contributed by atoms with E-state index in [9.17, 15) is 9.59 Å². The van der Waals surface area contributed by atoms with Crippen LogP contribution in [0.2, 0.25) is 0 Å². The van der Waals surface area contributed by atoms with Gasteiger partial charge in [-0.3, -0.25) is 9.59 Å². The molecule has 142 valence electrons. The van der Waals surface area contributed by atoms with E-state index in [-0.39, 0.29) is 23.1 Å². The molecule has 0 saturated carbocycles. The van der Waals surface area contributed by atoms with E-state index in [1.807, 2.05) is 47.2 Å². The number of carbonyl (C=O) groups excluding carboxylic acids is 2. The Labute approximate surface area is 159 Å². The molecule has 2 fully saturated rings. The summed E-state index contributed by atoms with van der Waals surface area (Å²) in [5, 5.41) is 3.85. The predicted octanol–water partition coefficient (Wildman–Crippen LogP) is 2.85. The molecule has 1 spiro atoms. The molecule has 1 atom stereocenters. The summed E-state index contributed by atoms with van der Waals surface area (Å²) in [4.78, 5) is 29.1. The summed E-state index contributed by atoms with van der Waals surface area (Å²) in [5.74, 6) is 0.681. The molecule has 0 bridgehead atoms. The van der Waals surface area contributed by atoms with Crippen LogP contribution in [-0.2, 0) is 4.79 Å². The normalized spacial score (nSPS) is 22.3. The summed E-state index contributed by atoms with van der Waals surface area (Å²) in [6.07, 6.45) is 2.65. The number of likely N-dealkylation sites (tertiary alicyclic amines) is 2. The highest BCUT2D eigenvalue weighted by atomic mass is 16.5. The zero-order chi connectivity index (χ0) is 19.0. The fraction of sp³-hybridized carbons (Fsp3) is 0.476. The van der Waals surface area contributed by atoms with Crippen molar-refractivity contribution in [3.63, 3.8) is 0 Å². The zero-order valence-electron chi connectivity index (χ0n) is 15.9. The number of piperidine rings is 2. The first kappa shape index (κ1) is 17.8. The van der Waals surface area contributed by atoms with Crippen LogP contribution in [0.25, 0.3) is 0 Å². The molecule has 2 aromatic rings. The van der Waals surface area contributed by atoms with Crippen LogP contribution in [0.4, 0.5) is 0 Å². The van der Waals surface area contributed by atoms with Gasteiger partial charge in [0, 0.05) is 32.7 Å². The van der Waals surface area contributed by atoms with E-state index in [2.05, 4.69) is 5.16 Å². The maximum Gasteiger partial charge on any atom is 0.276 e. The summed E-state index contributed by atoms with van der Waals surface area (Å²) in [5.41, 5.74) is 1.53. The van der Waals surface area contributed by atoms with Crippen LogP contribution >= 0.6 is 0 Å². The number of likely N-dealkylation sites (N-methyl/N-ethyl adjacent to an activating group) is 1. The van der Waals surface area contributed by atoms with E-state index in [4.69, 9.17) is 4.52 Å². The van der Waals surface area contributed by atoms with E-state index in [1.165, 1.54) is 0 Å². The highest BCUT2D eigenvalue weighted by molar-refractivity contribution is 5.92. The SMILES string of the molecule is Cc1cc(C(=O)N2CCC3(CC2)C[C@H](c2ccccc2)C(=O)N(C)C3)no1. The van der Waals surface area contributed by atoms with Crippen LogP contribution in [0, 0.1) is 12.3 Å². The molecular weight excluding hydrogens is 342 g/mol. The number of rotatable bonds is 2. The summed E-state index contributed by atoms with van der Waals surface area (Å²) >= 11 is 0. The van der Waals surface area contributed by atoms with E-state index >= 15 is 0 Å². The van der Waals surface area contributed by atoms with Gasteiger partial charge in [0.05, 0.1) is 5.92 Å². The van der Waals surface area contributed by atoms with Crippen LogP contribution in [-0.4, -0.2) is 53.5 Å². The van der Waals surface area contributed by atoms with Crippen molar-refractivity contribution in [1.82, 2.24) is 15.0 Å². The lowest BCUT2D eigenvalue weighted by atomic mass is 9.67. The summed E-state index contributed by atoms with van der Waals surface area (Å²) in [7, 11) is 1.90. The van der Waals surface area contributed by atoms with E-state index < -0.39 is 0 Å². The van der Waals surface area contributed by atoms with Crippen LogP contribution in [0.1, 0.15) is 47.0 Å². The number of nitrogens with zero attached hydrogens (tertiary/aromatic N) is 3. The first-order valence-corrected chi connectivity index (χ1v) is 9.50. The number of hydrogen-bond donors (Lipinski definition) is 0. The lowest BCUT2D eigenvalue weighted by Crippen LogP contribution is -2.53. The third-order valence-electron chi connectivity index (χ3n) is 6.04. The van der Waals surface area contributed by atoms with Crippen LogP contribution in [0.3, 0.4) is 0 Å². The molecule has 0 N–H and O–H groups in total. The van der Waals surface area contributed by atoms with Crippen LogP contribution < -0.4 is 0 Å². The van der Waals surface area contributed by atoms with Gasteiger partial charge in [0.25, 0.3) is 5.91 Å². The Hall–Kier alpha value is -2.63. The smallest absolute Gasteiger partial charge is 0.276 e. The molecule has 6 nitrogen and oxygen atoms in total. The van der Waals surface area contributed by atoms with Crippen LogP contribution in [0.15, 0.2) is 40.9 Å².